The molecule has 1 heterocycles. The summed E-state index contributed by atoms with van der Waals surface area (Å²) in [4.78, 5) is 24.4. The Balaban J connectivity index is 1.74. The molecule has 1 aromatic heterocycles. The van der Waals surface area contributed by atoms with Crippen molar-refractivity contribution >= 4 is 29.0 Å². The maximum atomic E-state index is 12.5. The first-order valence-electron chi connectivity index (χ1n) is 7.08. The molecular weight excluding hydrogens is 322 g/mol. The average molecular weight is 336 g/mol. The van der Waals surface area contributed by atoms with Crippen molar-refractivity contribution in [3.05, 3.63) is 57.5 Å². The second-order valence-corrected chi connectivity index (χ2v) is 5.70. The van der Waals surface area contributed by atoms with E-state index in [0.717, 1.165) is 12.8 Å². The number of nitrogens with one attached hydrogen (secondary N) is 1. The number of hydrogen-bond acceptors (Lipinski definition) is 4. The molecular formula is C15H14ClN3O4. The van der Waals surface area contributed by atoms with E-state index in [0.29, 0.717) is 18.0 Å². The SMILES string of the molecule is O=C(Nc1ccc(Cl)c([N+](=O)[O-])c1)N(Cc1ccco1)C1CC1. The number of urea groups is 1. The predicted molar refractivity (Wildman–Crippen MR) is 84.4 cm³/mol. The second-order valence-electron chi connectivity index (χ2n) is 5.29. The Morgan fingerprint density at radius 2 is 2.22 bits per heavy atom. The number of nitro groups is 1. The van der Waals surface area contributed by atoms with Crippen molar-refractivity contribution in [1.29, 1.82) is 0 Å². The van der Waals surface area contributed by atoms with Crippen molar-refractivity contribution in [2.24, 2.45) is 0 Å². The van der Waals surface area contributed by atoms with Gasteiger partial charge in [0.25, 0.3) is 5.69 Å². The first-order chi connectivity index (χ1) is 11.0. The number of hydrogen-bond donors (Lipinski definition) is 1. The molecule has 3 rings (SSSR count). The molecule has 0 radical (unpaired) electrons. The zero-order valence-electron chi connectivity index (χ0n) is 12.1. The van der Waals surface area contributed by atoms with Gasteiger partial charge in [0.05, 0.1) is 17.7 Å². The van der Waals surface area contributed by atoms with Gasteiger partial charge in [-0.3, -0.25) is 10.1 Å². The molecule has 0 unspecified atom stereocenters. The van der Waals surface area contributed by atoms with Crippen LogP contribution in [0.15, 0.2) is 41.0 Å². The van der Waals surface area contributed by atoms with Crippen LogP contribution in [0.5, 0.6) is 0 Å². The average Bonchev–Trinajstić information content (AvgIpc) is 3.22. The van der Waals surface area contributed by atoms with Crippen molar-refractivity contribution in [3.63, 3.8) is 0 Å². The molecule has 1 saturated carbocycles. The highest BCUT2D eigenvalue weighted by atomic mass is 35.5. The molecule has 1 aromatic carbocycles. The predicted octanol–water partition coefficient (Wildman–Crippen LogP) is 4.04. The fourth-order valence-corrected chi connectivity index (χ4v) is 2.44. The highest BCUT2D eigenvalue weighted by Crippen LogP contribution is 2.31. The van der Waals surface area contributed by atoms with Crippen LogP contribution >= 0.6 is 11.6 Å². The van der Waals surface area contributed by atoms with Gasteiger partial charge in [-0.15, -0.1) is 0 Å². The highest BCUT2D eigenvalue weighted by molar-refractivity contribution is 6.32. The second kappa shape index (κ2) is 6.29. The highest BCUT2D eigenvalue weighted by Gasteiger charge is 2.33. The van der Waals surface area contributed by atoms with Crippen molar-refractivity contribution in [3.8, 4) is 0 Å². The summed E-state index contributed by atoms with van der Waals surface area (Å²) in [5, 5.41) is 13.6. The number of nitrogens with zero attached hydrogens (tertiary/aromatic N) is 2. The van der Waals surface area contributed by atoms with Crippen LogP contribution in [0.25, 0.3) is 0 Å². The van der Waals surface area contributed by atoms with Gasteiger partial charge in [0.15, 0.2) is 0 Å². The van der Waals surface area contributed by atoms with Gasteiger partial charge < -0.3 is 14.6 Å². The van der Waals surface area contributed by atoms with Gasteiger partial charge in [-0.2, -0.15) is 0 Å². The van der Waals surface area contributed by atoms with Crippen molar-refractivity contribution in [2.75, 3.05) is 5.32 Å². The lowest BCUT2D eigenvalue weighted by atomic mass is 10.3. The maximum absolute atomic E-state index is 12.5. The van der Waals surface area contributed by atoms with E-state index in [-0.39, 0.29) is 22.8 Å². The Morgan fingerprint density at radius 1 is 1.43 bits per heavy atom. The number of carbonyl (C=O) groups is 1. The molecule has 0 atom stereocenters. The third-order valence-corrected chi connectivity index (χ3v) is 3.87. The fraction of sp³-hybridized carbons (Fsp3) is 0.267. The van der Waals surface area contributed by atoms with E-state index in [2.05, 4.69) is 5.32 Å². The molecule has 2 aromatic rings. The number of rotatable bonds is 5. The summed E-state index contributed by atoms with van der Waals surface area (Å²) < 4.78 is 5.28. The molecule has 1 aliphatic rings. The summed E-state index contributed by atoms with van der Waals surface area (Å²) in [7, 11) is 0. The molecule has 1 aliphatic carbocycles. The Morgan fingerprint density at radius 3 is 2.83 bits per heavy atom. The van der Waals surface area contributed by atoms with Gasteiger partial charge in [-0.25, -0.2) is 4.79 Å². The van der Waals surface area contributed by atoms with Gasteiger partial charge in [-0.1, -0.05) is 11.6 Å². The number of halogens is 1. The molecule has 23 heavy (non-hydrogen) atoms. The van der Waals surface area contributed by atoms with Crippen LogP contribution in [-0.2, 0) is 6.54 Å². The van der Waals surface area contributed by atoms with E-state index in [4.69, 9.17) is 16.0 Å². The maximum Gasteiger partial charge on any atom is 0.322 e. The number of furan rings is 1. The molecule has 0 bridgehead atoms. The molecule has 1 fully saturated rings. The van der Waals surface area contributed by atoms with Crippen LogP contribution < -0.4 is 5.32 Å². The topological polar surface area (TPSA) is 88.6 Å². The van der Waals surface area contributed by atoms with Crippen LogP contribution in [0.1, 0.15) is 18.6 Å². The number of nitro benzene ring substituents is 1. The van der Waals surface area contributed by atoms with E-state index >= 15 is 0 Å². The lowest BCUT2D eigenvalue weighted by Gasteiger charge is -2.21. The Bertz CT molecular complexity index is 728. The molecule has 0 spiro atoms. The van der Waals surface area contributed by atoms with E-state index in [1.165, 1.54) is 18.2 Å². The summed E-state index contributed by atoms with van der Waals surface area (Å²) >= 11 is 5.77. The molecule has 2 amide bonds. The van der Waals surface area contributed by atoms with E-state index < -0.39 is 4.92 Å². The van der Waals surface area contributed by atoms with Crippen LogP contribution in [0.3, 0.4) is 0 Å². The summed E-state index contributed by atoms with van der Waals surface area (Å²) in [6.45, 7) is 0.360. The largest absolute Gasteiger partial charge is 0.467 e. The summed E-state index contributed by atoms with van der Waals surface area (Å²) in [5.41, 5.74) is 0.0877. The number of amides is 2. The minimum Gasteiger partial charge on any atom is -0.467 e. The van der Waals surface area contributed by atoms with Gasteiger partial charge in [-0.05, 0) is 37.1 Å². The minimum absolute atomic E-state index is 0.0302. The molecule has 0 aliphatic heterocycles. The Hall–Kier alpha value is -2.54. The zero-order valence-corrected chi connectivity index (χ0v) is 12.8. The van der Waals surface area contributed by atoms with Gasteiger partial charge in [0.2, 0.25) is 0 Å². The zero-order chi connectivity index (χ0) is 16.4. The molecule has 120 valence electrons. The normalized spacial score (nSPS) is 13.6. The minimum atomic E-state index is -0.584. The third-order valence-electron chi connectivity index (χ3n) is 3.55. The third kappa shape index (κ3) is 3.62. The van der Waals surface area contributed by atoms with Crippen LogP contribution in [0.2, 0.25) is 5.02 Å². The lowest BCUT2D eigenvalue weighted by molar-refractivity contribution is -0.384. The molecule has 1 N–H and O–H groups in total. The van der Waals surface area contributed by atoms with E-state index in [9.17, 15) is 14.9 Å². The standard InChI is InChI=1S/C15H14ClN3O4/c16-13-6-3-10(8-14(13)19(21)22)17-15(20)18(11-4-5-11)9-12-2-1-7-23-12/h1-3,6-8,11H,4-5,9H2,(H,17,20). The monoisotopic (exact) mass is 335 g/mol. The van der Waals surface area contributed by atoms with Crippen molar-refractivity contribution in [1.82, 2.24) is 4.90 Å². The molecule has 0 saturated heterocycles. The summed E-state index contributed by atoms with van der Waals surface area (Å²) in [6, 6.07) is 7.59. The first-order valence-corrected chi connectivity index (χ1v) is 7.46. The number of carbonyl (C=O) groups excluding carboxylic acids is 1. The Labute approximate surface area is 137 Å². The number of benzene rings is 1. The van der Waals surface area contributed by atoms with Crippen LogP contribution in [0, 0.1) is 10.1 Å². The molecule has 8 heteroatoms. The fourth-order valence-electron chi connectivity index (χ4n) is 2.25. The van der Waals surface area contributed by atoms with Gasteiger partial charge in [0, 0.05) is 17.8 Å². The summed E-state index contributed by atoms with van der Waals surface area (Å²) in [5.74, 6) is 0.689. The van der Waals surface area contributed by atoms with E-state index in [1.54, 1.807) is 23.3 Å². The van der Waals surface area contributed by atoms with Gasteiger partial charge >= 0.3 is 6.03 Å². The van der Waals surface area contributed by atoms with Crippen molar-refractivity contribution in [2.45, 2.75) is 25.4 Å². The first kappa shape index (κ1) is 15.4. The quantitative estimate of drug-likeness (QED) is 0.659. The van der Waals surface area contributed by atoms with Gasteiger partial charge in [0.1, 0.15) is 10.8 Å². The van der Waals surface area contributed by atoms with Crippen LogP contribution in [0.4, 0.5) is 16.2 Å². The molecule has 7 nitrogen and oxygen atoms in total. The Kier molecular flexibility index (Phi) is 4.20. The van der Waals surface area contributed by atoms with Crippen molar-refractivity contribution < 1.29 is 14.1 Å². The smallest absolute Gasteiger partial charge is 0.322 e. The summed E-state index contributed by atoms with van der Waals surface area (Å²) in [6.07, 6.45) is 3.44. The number of anilines is 1. The lowest BCUT2D eigenvalue weighted by Crippen LogP contribution is -2.36. The van der Waals surface area contributed by atoms with Crippen LogP contribution in [-0.4, -0.2) is 21.9 Å². The van der Waals surface area contributed by atoms with E-state index in [1.807, 2.05) is 0 Å².